The van der Waals surface area contributed by atoms with Crippen molar-refractivity contribution in [1.29, 1.82) is 0 Å². The number of benzene rings is 1. The van der Waals surface area contributed by atoms with Crippen LogP contribution >= 0.6 is 0 Å². The Kier molecular flexibility index (Phi) is 7.91. The van der Waals surface area contributed by atoms with Gasteiger partial charge in [0, 0.05) is 6.07 Å². The molecular formula is C28H39FO3. The van der Waals surface area contributed by atoms with Gasteiger partial charge in [0.2, 0.25) is 0 Å². The summed E-state index contributed by atoms with van der Waals surface area (Å²) in [4.78, 5) is 12.7. The molecule has 4 atom stereocenters. The second kappa shape index (κ2) is 10.9. The smallest absolute Gasteiger partial charge is 0.314 e. The molecule has 3 aliphatic carbocycles. The topological polar surface area (TPSA) is 35.5 Å². The van der Waals surface area contributed by atoms with Crippen LogP contribution in [-0.2, 0) is 4.79 Å². The first-order chi connectivity index (χ1) is 15.6. The maximum absolute atomic E-state index is 14.3. The zero-order valence-electron chi connectivity index (χ0n) is 19.6. The van der Waals surface area contributed by atoms with Gasteiger partial charge in [-0.3, -0.25) is 4.79 Å². The average molecular weight is 443 g/mol. The first-order valence-corrected chi connectivity index (χ1v) is 12.8. The maximum atomic E-state index is 14.3. The van der Waals surface area contributed by atoms with Crippen LogP contribution in [0.3, 0.4) is 0 Å². The van der Waals surface area contributed by atoms with Gasteiger partial charge in [-0.1, -0.05) is 32.4 Å². The summed E-state index contributed by atoms with van der Waals surface area (Å²) in [5, 5.41) is 0. The van der Waals surface area contributed by atoms with Crippen molar-refractivity contribution in [2.45, 2.75) is 77.6 Å². The Morgan fingerprint density at radius 1 is 1.00 bits per heavy atom. The van der Waals surface area contributed by atoms with E-state index in [1.807, 2.05) is 0 Å². The van der Waals surface area contributed by atoms with Crippen molar-refractivity contribution in [1.82, 2.24) is 0 Å². The number of fused-ring (bicyclic) bond motifs is 1. The maximum Gasteiger partial charge on any atom is 0.314 e. The number of carbonyl (C=O) groups excluding carboxylic acids is 1. The number of hydrogen-bond acceptors (Lipinski definition) is 3. The number of hydrogen-bond donors (Lipinski definition) is 0. The fourth-order valence-electron chi connectivity index (χ4n) is 6.65. The number of esters is 1. The first-order valence-electron chi connectivity index (χ1n) is 12.8. The molecule has 0 aromatic heterocycles. The molecule has 3 saturated carbocycles. The third-order valence-electron chi connectivity index (χ3n) is 8.59. The van der Waals surface area contributed by atoms with Crippen molar-refractivity contribution in [3.63, 3.8) is 0 Å². The SMILES string of the molecule is C=CCOc1ccc(OC(=O)C2CCC(C3CCC4CC(CC)CCC4C3)CC2)c(F)c1. The lowest BCUT2D eigenvalue weighted by Gasteiger charge is -2.45. The zero-order valence-corrected chi connectivity index (χ0v) is 19.6. The molecule has 0 bridgehead atoms. The lowest BCUT2D eigenvalue weighted by molar-refractivity contribution is -0.140. The number of halogens is 1. The number of carbonyl (C=O) groups is 1. The highest BCUT2D eigenvalue weighted by Crippen LogP contribution is 2.49. The Labute approximate surface area is 192 Å². The minimum absolute atomic E-state index is 0.0101. The van der Waals surface area contributed by atoms with Crippen LogP contribution in [0.1, 0.15) is 77.6 Å². The van der Waals surface area contributed by atoms with Crippen LogP contribution in [0, 0.1) is 41.3 Å². The van der Waals surface area contributed by atoms with Gasteiger partial charge in [0.1, 0.15) is 12.4 Å². The summed E-state index contributed by atoms with van der Waals surface area (Å²) >= 11 is 0. The molecule has 4 heteroatoms. The van der Waals surface area contributed by atoms with Crippen LogP contribution in [0.15, 0.2) is 30.9 Å². The normalized spacial score (nSPS) is 32.6. The third kappa shape index (κ3) is 5.55. The van der Waals surface area contributed by atoms with Crippen molar-refractivity contribution < 1.29 is 18.7 Å². The molecular weight excluding hydrogens is 403 g/mol. The van der Waals surface area contributed by atoms with E-state index in [2.05, 4.69) is 13.5 Å². The van der Waals surface area contributed by atoms with Crippen LogP contribution < -0.4 is 9.47 Å². The summed E-state index contributed by atoms with van der Waals surface area (Å²) in [7, 11) is 0. The molecule has 3 aliphatic rings. The fourth-order valence-corrected chi connectivity index (χ4v) is 6.65. The van der Waals surface area contributed by atoms with Gasteiger partial charge < -0.3 is 9.47 Å². The van der Waals surface area contributed by atoms with Gasteiger partial charge >= 0.3 is 5.97 Å². The minimum atomic E-state index is -0.567. The average Bonchev–Trinajstić information content (AvgIpc) is 2.83. The minimum Gasteiger partial charge on any atom is -0.489 e. The number of ether oxygens (including phenoxy) is 2. The van der Waals surface area contributed by atoms with Crippen LogP contribution in [0.5, 0.6) is 11.5 Å². The molecule has 3 fully saturated rings. The van der Waals surface area contributed by atoms with Crippen LogP contribution in [-0.4, -0.2) is 12.6 Å². The Bertz CT molecular complexity index is 783. The van der Waals surface area contributed by atoms with Gasteiger partial charge in [-0.2, -0.15) is 0 Å². The standard InChI is InChI=1S/C28H39FO3/c1-3-15-31-25-13-14-27(26(29)18-25)32-28(30)21-9-7-20(8-10-21)23-12-11-22-16-19(4-2)5-6-24(22)17-23/h3,13-14,18-24H,1,4-12,15-17H2,2H3. The molecule has 3 nitrogen and oxygen atoms in total. The van der Waals surface area contributed by atoms with E-state index in [1.165, 1.54) is 57.1 Å². The van der Waals surface area contributed by atoms with E-state index < -0.39 is 5.82 Å². The van der Waals surface area contributed by atoms with Gasteiger partial charge in [0.15, 0.2) is 11.6 Å². The summed E-state index contributed by atoms with van der Waals surface area (Å²) < 4.78 is 25.1. The fraction of sp³-hybridized carbons (Fsp3) is 0.679. The summed E-state index contributed by atoms with van der Waals surface area (Å²) in [5.41, 5.74) is 0. The van der Waals surface area contributed by atoms with Crippen molar-refractivity contribution in [2.75, 3.05) is 6.61 Å². The molecule has 0 aliphatic heterocycles. The van der Waals surface area contributed by atoms with Crippen LogP contribution in [0.2, 0.25) is 0 Å². The Balaban J connectivity index is 1.24. The van der Waals surface area contributed by atoms with E-state index in [4.69, 9.17) is 9.47 Å². The van der Waals surface area contributed by atoms with Crippen molar-refractivity contribution in [3.8, 4) is 11.5 Å². The molecule has 1 aromatic rings. The van der Waals surface area contributed by atoms with Crippen molar-refractivity contribution in [3.05, 3.63) is 36.7 Å². The summed E-state index contributed by atoms with van der Waals surface area (Å²) in [5.74, 6) is 3.90. The monoisotopic (exact) mass is 442 g/mol. The molecule has 0 N–H and O–H groups in total. The molecule has 4 unspecified atom stereocenters. The first kappa shape index (κ1) is 23.3. The van der Waals surface area contributed by atoms with E-state index in [1.54, 1.807) is 12.1 Å². The lowest BCUT2D eigenvalue weighted by atomic mass is 9.61. The zero-order chi connectivity index (χ0) is 22.5. The van der Waals surface area contributed by atoms with Crippen LogP contribution in [0.25, 0.3) is 0 Å². The Hall–Kier alpha value is -1.84. The van der Waals surface area contributed by atoms with Crippen LogP contribution in [0.4, 0.5) is 4.39 Å². The highest BCUT2D eigenvalue weighted by molar-refractivity contribution is 5.75. The van der Waals surface area contributed by atoms with E-state index >= 15 is 0 Å². The Morgan fingerprint density at radius 3 is 2.34 bits per heavy atom. The third-order valence-corrected chi connectivity index (χ3v) is 8.59. The molecule has 0 amide bonds. The number of rotatable bonds is 7. The Morgan fingerprint density at radius 2 is 1.66 bits per heavy atom. The van der Waals surface area contributed by atoms with Gasteiger partial charge in [-0.15, -0.1) is 0 Å². The van der Waals surface area contributed by atoms with E-state index in [-0.39, 0.29) is 17.6 Å². The highest BCUT2D eigenvalue weighted by atomic mass is 19.1. The summed E-state index contributed by atoms with van der Waals surface area (Å²) in [6.45, 7) is 6.24. The molecule has 0 spiro atoms. The second-order valence-electron chi connectivity index (χ2n) is 10.4. The quantitative estimate of drug-likeness (QED) is 0.252. The van der Waals surface area contributed by atoms with Crippen molar-refractivity contribution >= 4 is 5.97 Å². The molecule has 0 saturated heterocycles. The largest absolute Gasteiger partial charge is 0.489 e. The molecule has 0 heterocycles. The predicted octanol–water partition coefficient (Wildman–Crippen LogP) is 7.34. The van der Waals surface area contributed by atoms with Gasteiger partial charge in [-0.05, 0) is 99.5 Å². The van der Waals surface area contributed by atoms with E-state index in [0.29, 0.717) is 12.4 Å². The predicted molar refractivity (Wildman–Crippen MR) is 125 cm³/mol. The van der Waals surface area contributed by atoms with Crippen molar-refractivity contribution in [2.24, 2.45) is 35.5 Å². The van der Waals surface area contributed by atoms with E-state index in [9.17, 15) is 9.18 Å². The summed E-state index contributed by atoms with van der Waals surface area (Å²) in [6, 6.07) is 4.35. The van der Waals surface area contributed by atoms with E-state index in [0.717, 1.165) is 55.3 Å². The molecule has 176 valence electrons. The van der Waals surface area contributed by atoms with Gasteiger partial charge in [0.05, 0.1) is 5.92 Å². The molecule has 0 radical (unpaired) electrons. The van der Waals surface area contributed by atoms with Gasteiger partial charge in [-0.25, -0.2) is 4.39 Å². The highest BCUT2D eigenvalue weighted by Gasteiger charge is 2.39. The molecule has 4 rings (SSSR count). The summed E-state index contributed by atoms with van der Waals surface area (Å²) in [6.07, 6.45) is 15.4. The van der Waals surface area contributed by atoms with Gasteiger partial charge in [0.25, 0.3) is 0 Å². The molecule has 32 heavy (non-hydrogen) atoms. The lowest BCUT2D eigenvalue weighted by Crippen LogP contribution is -2.35. The second-order valence-corrected chi connectivity index (χ2v) is 10.4. The molecule has 1 aromatic carbocycles.